The van der Waals surface area contributed by atoms with Gasteiger partial charge in [-0.3, -0.25) is 0 Å². The number of fused-ring (bicyclic) bond motifs is 1. The summed E-state index contributed by atoms with van der Waals surface area (Å²) in [6.07, 6.45) is 7.54. The fourth-order valence-electron chi connectivity index (χ4n) is 1.25. The third-order valence-corrected chi connectivity index (χ3v) is 1.80. The second-order valence-electron chi connectivity index (χ2n) is 2.50. The maximum atomic E-state index is 2.18. The Hall–Kier alpha value is -0.573. The maximum absolute atomic E-state index is 2.18. The summed E-state index contributed by atoms with van der Waals surface area (Å²) in [5, 5.41) is 0. The van der Waals surface area contributed by atoms with Gasteiger partial charge in [0.05, 0.1) is 0 Å². The molecule has 1 aromatic carbocycles. The van der Waals surface area contributed by atoms with Gasteiger partial charge >= 0.3 is 18.9 Å². The Morgan fingerprint density at radius 3 is 2.82 bits per heavy atom. The van der Waals surface area contributed by atoms with Gasteiger partial charge in [-0.2, -0.15) is 0 Å². The van der Waals surface area contributed by atoms with Gasteiger partial charge in [0.15, 0.2) is 0 Å². The Kier molecular flexibility index (Phi) is 2.88. The molecule has 0 spiro atoms. The van der Waals surface area contributed by atoms with Crippen molar-refractivity contribution >= 4 is 6.08 Å². The van der Waals surface area contributed by atoms with Crippen molar-refractivity contribution < 1.29 is 18.9 Å². The van der Waals surface area contributed by atoms with Crippen LogP contribution >= 0.6 is 0 Å². The van der Waals surface area contributed by atoms with Gasteiger partial charge in [0, 0.05) is 0 Å². The van der Waals surface area contributed by atoms with E-state index in [0.717, 1.165) is 6.42 Å². The summed E-state index contributed by atoms with van der Waals surface area (Å²) in [6.45, 7) is 0. The minimum Gasteiger partial charge on any atom is -0.227 e. The molecular formula is C10H9Li. The second kappa shape index (κ2) is 3.71. The Labute approximate surface area is 79.5 Å². The monoisotopic (exact) mass is 136 g/mol. The molecule has 1 aliphatic carbocycles. The molecule has 2 rings (SSSR count). The van der Waals surface area contributed by atoms with Gasteiger partial charge in [-0.1, -0.05) is 36.2 Å². The number of rotatable bonds is 0. The molecule has 0 atom stereocenters. The molecule has 0 aliphatic heterocycles. The van der Waals surface area contributed by atoms with E-state index in [0.29, 0.717) is 0 Å². The van der Waals surface area contributed by atoms with Gasteiger partial charge in [0.2, 0.25) is 0 Å². The molecule has 0 fully saturated rings. The predicted molar refractivity (Wildman–Crippen MR) is 43.5 cm³/mol. The van der Waals surface area contributed by atoms with E-state index in [2.05, 4.69) is 42.8 Å². The summed E-state index contributed by atoms with van der Waals surface area (Å²) in [5.74, 6) is 0. The molecule has 1 heteroatoms. The molecule has 0 aromatic heterocycles. The summed E-state index contributed by atoms with van der Waals surface area (Å²) >= 11 is 0. The minimum atomic E-state index is 0. The van der Waals surface area contributed by atoms with Crippen molar-refractivity contribution in [3.05, 3.63) is 47.9 Å². The van der Waals surface area contributed by atoms with Crippen LogP contribution in [-0.4, -0.2) is 0 Å². The van der Waals surface area contributed by atoms with E-state index >= 15 is 0 Å². The summed E-state index contributed by atoms with van der Waals surface area (Å²) < 4.78 is 0. The normalized spacial score (nSPS) is 12.7. The number of allylic oxidation sites excluding steroid dienone is 1. The quantitative estimate of drug-likeness (QED) is 0.332. The zero-order chi connectivity index (χ0) is 6.81. The Balaban J connectivity index is 0.000000605. The largest absolute Gasteiger partial charge is 1.00 e. The van der Waals surface area contributed by atoms with Crippen LogP contribution in [0.25, 0.3) is 6.08 Å². The van der Waals surface area contributed by atoms with Crippen LogP contribution in [-0.2, 0) is 6.42 Å². The molecular weight excluding hydrogens is 127 g/mol. The molecule has 0 unspecified atom stereocenters. The summed E-state index contributed by atoms with van der Waals surface area (Å²) in [6, 6.07) is 8.49. The van der Waals surface area contributed by atoms with Crippen molar-refractivity contribution in [3.8, 4) is 0 Å². The van der Waals surface area contributed by atoms with Crippen molar-refractivity contribution in [2.45, 2.75) is 6.42 Å². The van der Waals surface area contributed by atoms with Crippen molar-refractivity contribution in [2.24, 2.45) is 0 Å². The molecule has 0 saturated carbocycles. The molecule has 0 N–H and O–H groups in total. The fraction of sp³-hybridized carbons (Fsp3) is 0.100. The van der Waals surface area contributed by atoms with Crippen LogP contribution in [0.3, 0.4) is 0 Å². The van der Waals surface area contributed by atoms with E-state index in [-0.39, 0.29) is 18.9 Å². The molecule has 11 heavy (non-hydrogen) atoms. The minimum absolute atomic E-state index is 0. The fourth-order valence-corrected chi connectivity index (χ4v) is 1.25. The first-order valence-corrected chi connectivity index (χ1v) is 3.54. The van der Waals surface area contributed by atoms with Crippen molar-refractivity contribution in [1.82, 2.24) is 0 Å². The van der Waals surface area contributed by atoms with Crippen LogP contribution in [0.5, 0.6) is 0 Å². The van der Waals surface area contributed by atoms with Crippen LogP contribution in [0.15, 0.2) is 30.3 Å². The topological polar surface area (TPSA) is 0 Å². The maximum Gasteiger partial charge on any atom is 1.00 e. The summed E-state index contributed by atoms with van der Waals surface area (Å²) in [7, 11) is 0. The van der Waals surface area contributed by atoms with E-state index in [1.54, 1.807) is 0 Å². The number of benzene rings is 1. The smallest absolute Gasteiger partial charge is 0.227 e. The van der Waals surface area contributed by atoms with Gasteiger partial charge in [-0.25, -0.2) is 18.6 Å². The zero-order valence-corrected chi connectivity index (χ0v) is 6.75. The van der Waals surface area contributed by atoms with E-state index in [1.807, 2.05) is 0 Å². The second-order valence-corrected chi connectivity index (χ2v) is 2.50. The molecule has 0 bridgehead atoms. The van der Waals surface area contributed by atoms with E-state index in [4.69, 9.17) is 0 Å². The molecule has 0 nitrogen and oxygen atoms in total. The average Bonchev–Trinajstić information content (AvgIpc) is 2.05. The van der Waals surface area contributed by atoms with E-state index in [1.165, 1.54) is 11.1 Å². The summed E-state index contributed by atoms with van der Waals surface area (Å²) in [4.78, 5) is 0. The van der Waals surface area contributed by atoms with E-state index < -0.39 is 0 Å². The Morgan fingerprint density at radius 2 is 2.00 bits per heavy atom. The van der Waals surface area contributed by atoms with Gasteiger partial charge < -0.3 is 0 Å². The molecule has 1 aliphatic rings. The number of hydrogen-bond donors (Lipinski definition) is 0. The van der Waals surface area contributed by atoms with Gasteiger partial charge in [0.25, 0.3) is 0 Å². The van der Waals surface area contributed by atoms with Crippen molar-refractivity contribution in [2.75, 3.05) is 0 Å². The molecule has 0 amide bonds. The molecule has 1 aromatic rings. The van der Waals surface area contributed by atoms with Crippen LogP contribution in [0, 0.1) is 6.42 Å². The van der Waals surface area contributed by atoms with E-state index in [9.17, 15) is 0 Å². The molecule has 50 valence electrons. The molecule has 0 heterocycles. The first kappa shape index (κ1) is 8.52. The Morgan fingerprint density at radius 1 is 1.18 bits per heavy atom. The first-order valence-electron chi connectivity index (χ1n) is 3.54. The third-order valence-electron chi connectivity index (χ3n) is 1.80. The Bertz CT molecular complexity index is 263. The third kappa shape index (κ3) is 1.71. The average molecular weight is 136 g/mol. The van der Waals surface area contributed by atoms with Gasteiger partial charge in [0.1, 0.15) is 0 Å². The van der Waals surface area contributed by atoms with Crippen LogP contribution in [0.4, 0.5) is 0 Å². The van der Waals surface area contributed by atoms with Crippen LogP contribution < -0.4 is 18.9 Å². The number of hydrogen-bond acceptors (Lipinski definition) is 0. The SMILES string of the molecule is C1=Cc2ccccc2C[CH-]1.[Li+]. The zero-order valence-electron chi connectivity index (χ0n) is 6.75. The van der Waals surface area contributed by atoms with Crippen molar-refractivity contribution in [1.29, 1.82) is 0 Å². The molecule has 0 radical (unpaired) electrons. The van der Waals surface area contributed by atoms with Gasteiger partial charge in [-0.05, 0) is 0 Å². The van der Waals surface area contributed by atoms with Gasteiger partial charge in [-0.15, -0.1) is 5.56 Å². The first-order chi connectivity index (χ1) is 4.97. The predicted octanol–water partition coefficient (Wildman–Crippen LogP) is -0.536. The summed E-state index contributed by atoms with van der Waals surface area (Å²) in [5.41, 5.74) is 2.80. The van der Waals surface area contributed by atoms with Crippen LogP contribution in [0.2, 0.25) is 0 Å². The standard InChI is InChI=1S/C10H9.Li/c1-2-6-10-8-4-3-7-9(10)5-1;/h1-7H,8H2;/q-1;+1. The van der Waals surface area contributed by atoms with Crippen LogP contribution in [0.1, 0.15) is 11.1 Å². The van der Waals surface area contributed by atoms with Crippen molar-refractivity contribution in [3.63, 3.8) is 0 Å². The molecule has 0 saturated heterocycles.